The Labute approximate surface area is 110 Å². The van der Waals surface area contributed by atoms with Crippen molar-refractivity contribution >= 4 is 31.9 Å². The zero-order valence-corrected chi connectivity index (χ0v) is 11.4. The molecule has 0 unspecified atom stereocenters. The van der Waals surface area contributed by atoms with Crippen LogP contribution in [0.4, 0.5) is 0 Å². The lowest BCUT2D eigenvalue weighted by Crippen LogP contribution is -2.09. The topological polar surface area (TPSA) is 50.9 Å². The zero-order valence-electron chi connectivity index (χ0n) is 8.22. The van der Waals surface area contributed by atoms with Crippen LogP contribution in [0.2, 0.25) is 0 Å². The van der Waals surface area contributed by atoms with Crippen LogP contribution in [0, 0.1) is 0 Å². The van der Waals surface area contributed by atoms with Crippen LogP contribution in [-0.2, 0) is 6.54 Å². The first-order valence-corrected chi connectivity index (χ1v) is 6.21. The molecule has 2 rings (SSSR count). The Morgan fingerprint density at radius 1 is 1.38 bits per heavy atom. The Balaban J connectivity index is 2.17. The summed E-state index contributed by atoms with van der Waals surface area (Å²) in [6.07, 6.45) is 2.42. The second-order valence-electron chi connectivity index (χ2n) is 3.30. The highest BCUT2D eigenvalue weighted by Gasteiger charge is 2.12. The maximum atomic E-state index is 10.0. The van der Waals surface area contributed by atoms with Gasteiger partial charge in [0.1, 0.15) is 12.7 Å². The predicted octanol–water partition coefficient (Wildman–Crippen LogP) is 2.54. The largest absolute Gasteiger partial charge is 0.386 e. The first-order chi connectivity index (χ1) is 7.66. The van der Waals surface area contributed by atoms with E-state index in [1.54, 1.807) is 11.0 Å². The number of hydrogen-bond acceptors (Lipinski definition) is 3. The van der Waals surface area contributed by atoms with Crippen LogP contribution in [-0.4, -0.2) is 19.9 Å². The Kier molecular flexibility index (Phi) is 3.73. The van der Waals surface area contributed by atoms with E-state index in [9.17, 15) is 5.11 Å². The molecule has 1 atom stereocenters. The van der Waals surface area contributed by atoms with Gasteiger partial charge in [0.15, 0.2) is 0 Å². The van der Waals surface area contributed by atoms with Gasteiger partial charge in [-0.15, -0.1) is 0 Å². The van der Waals surface area contributed by atoms with Crippen molar-refractivity contribution in [2.24, 2.45) is 0 Å². The Hall–Kier alpha value is -0.720. The van der Waals surface area contributed by atoms with Crippen LogP contribution in [0.15, 0.2) is 39.8 Å². The fraction of sp³-hybridized carbons (Fsp3) is 0.200. The van der Waals surface area contributed by atoms with Crippen LogP contribution in [0.5, 0.6) is 0 Å². The number of halogens is 2. The molecule has 0 amide bonds. The highest BCUT2D eigenvalue weighted by molar-refractivity contribution is 9.11. The van der Waals surface area contributed by atoms with Gasteiger partial charge in [-0.05, 0) is 17.7 Å². The summed E-state index contributed by atoms with van der Waals surface area (Å²) in [7, 11) is 0. The van der Waals surface area contributed by atoms with Crippen molar-refractivity contribution in [2.45, 2.75) is 12.6 Å². The quantitative estimate of drug-likeness (QED) is 0.929. The van der Waals surface area contributed by atoms with E-state index in [2.05, 4.69) is 41.9 Å². The molecule has 0 fully saturated rings. The second kappa shape index (κ2) is 5.07. The number of aromatic nitrogens is 3. The third kappa shape index (κ3) is 2.69. The van der Waals surface area contributed by atoms with Crippen molar-refractivity contribution in [1.82, 2.24) is 14.8 Å². The van der Waals surface area contributed by atoms with Gasteiger partial charge in [0.05, 0.1) is 12.6 Å². The summed E-state index contributed by atoms with van der Waals surface area (Å²) in [5.41, 5.74) is 0.832. The predicted molar refractivity (Wildman–Crippen MR) is 66.8 cm³/mol. The molecule has 6 heteroatoms. The van der Waals surface area contributed by atoms with Crippen LogP contribution in [0.1, 0.15) is 11.7 Å². The lowest BCUT2D eigenvalue weighted by molar-refractivity contribution is 0.150. The van der Waals surface area contributed by atoms with Crippen molar-refractivity contribution in [3.63, 3.8) is 0 Å². The van der Waals surface area contributed by atoms with Gasteiger partial charge in [-0.25, -0.2) is 4.98 Å². The van der Waals surface area contributed by atoms with Gasteiger partial charge < -0.3 is 5.11 Å². The fourth-order valence-electron chi connectivity index (χ4n) is 1.37. The molecule has 0 aliphatic carbocycles. The van der Waals surface area contributed by atoms with E-state index >= 15 is 0 Å². The van der Waals surface area contributed by atoms with E-state index in [1.807, 2.05) is 18.2 Å². The van der Waals surface area contributed by atoms with E-state index in [1.165, 1.54) is 6.33 Å². The molecule has 1 N–H and O–H groups in total. The molecule has 4 nitrogen and oxygen atoms in total. The third-order valence-electron chi connectivity index (χ3n) is 2.15. The number of rotatable bonds is 3. The summed E-state index contributed by atoms with van der Waals surface area (Å²) >= 11 is 6.78. The minimum atomic E-state index is -0.607. The van der Waals surface area contributed by atoms with Gasteiger partial charge in [-0.3, -0.25) is 4.68 Å². The van der Waals surface area contributed by atoms with Gasteiger partial charge in [-0.2, -0.15) is 5.10 Å². The first kappa shape index (κ1) is 11.8. The molecular formula is C10H9Br2N3O. The molecule has 0 aliphatic rings. The summed E-state index contributed by atoms with van der Waals surface area (Å²) in [6, 6.07) is 5.67. The molecular weight excluding hydrogens is 338 g/mol. The molecule has 0 aliphatic heterocycles. The summed E-state index contributed by atoms with van der Waals surface area (Å²) < 4.78 is 3.43. The van der Waals surface area contributed by atoms with E-state index in [-0.39, 0.29) is 0 Å². The van der Waals surface area contributed by atoms with E-state index < -0.39 is 6.10 Å². The number of aliphatic hydroxyl groups is 1. The van der Waals surface area contributed by atoms with Crippen molar-refractivity contribution in [3.8, 4) is 0 Å². The second-order valence-corrected chi connectivity index (χ2v) is 5.07. The molecule has 0 bridgehead atoms. The van der Waals surface area contributed by atoms with E-state index in [4.69, 9.17) is 0 Å². The molecule has 0 radical (unpaired) electrons. The third-order valence-corrected chi connectivity index (χ3v) is 3.33. The minimum Gasteiger partial charge on any atom is -0.386 e. The van der Waals surface area contributed by atoms with E-state index in [0.29, 0.717) is 6.54 Å². The fourth-order valence-corrected chi connectivity index (χ4v) is 2.69. The molecule has 16 heavy (non-hydrogen) atoms. The SMILES string of the molecule is O[C@H](Cn1cncn1)c1ccc(Br)cc1Br. The Morgan fingerprint density at radius 3 is 2.81 bits per heavy atom. The smallest absolute Gasteiger partial charge is 0.137 e. The number of nitrogens with zero attached hydrogens (tertiary/aromatic N) is 3. The maximum absolute atomic E-state index is 10.0. The van der Waals surface area contributed by atoms with Crippen molar-refractivity contribution in [1.29, 1.82) is 0 Å². The normalized spacial score (nSPS) is 12.7. The average molecular weight is 347 g/mol. The summed E-state index contributed by atoms with van der Waals surface area (Å²) in [5, 5.41) is 14.0. The highest BCUT2D eigenvalue weighted by Crippen LogP contribution is 2.27. The summed E-state index contributed by atoms with van der Waals surface area (Å²) in [5.74, 6) is 0. The van der Waals surface area contributed by atoms with Gasteiger partial charge in [0.25, 0.3) is 0 Å². The molecule has 84 valence electrons. The van der Waals surface area contributed by atoms with Crippen molar-refractivity contribution in [3.05, 3.63) is 45.4 Å². The maximum Gasteiger partial charge on any atom is 0.137 e. The lowest BCUT2D eigenvalue weighted by Gasteiger charge is -2.12. The van der Waals surface area contributed by atoms with Crippen LogP contribution in [0.25, 0.3) is 0 Å². The summed E-state index contributed by atoms with van der Waals surface area (Å²) in [4.78, 5) is 3.83. The average Bonchev–Trinajstić information content (AvgIpc) is 2.70. The van der Waals surface area contributed by atoms with Crippen molar-refractivity contribution in [2.75, 3.05) is 0 Å². The number of aliphatic hydroxyl groups excluding tert-OH is 1. The number of hydrogen-bond donors (Lipinski definition) is 1. The molecule has 0 spiro atoms. The van der Waals surface area contributed by atoms with Crippen molar-refractivity contribution < 1.29 is 5.11 Å². The van der Waals surface area contributed by atoms with Gasteiger partial charge in [0.2, 0.25) is 0 Å². The minimum absolute atomic E-state index is 0.389. The van der Waals surface area contributed by atoms with Crippen LogP contribution >= 0.6 is 31.9 Å². The van der Waals surface area contributed by atoms with Gasteiger partial charge in [0, 0.05) is 8.95 Å². The molecule has 1 aromatic carbocycles. The lowest BCUT2D eigenvalue weighted by atomic mass is 10.1. The highest BCUT2D eigenvalue weighted by atomic mass is 79.9. The number of benzene rings is 1. The molecule has 1 aromatic heterocycles. The van der Waals surface area contributed by atoms with E-state index in [0.717, 1.165) is 14.5 Å². The molecule has 0 saturated carbocycles. The monoisotopic (exact) mass is 345 g/mol. The van der Waals surface area contributed by atoms with Crippen LogP contribution in [0.3, 0.4) is 0 Å². The Morgan fingerprint density at radius 2 is 2.19 bits per heavy atom. The standard InChI is InChI=1S/C10H9Br2N3O/c11-7-1-2-8(9(12)3-7)10(16)4-15-6-13-5-14-15/h1-3,5-6,10,16H,4H2/t10-/m1/s1. The van der Waals surface area contributed by atoms with Crippen LogP contribution < -0.4 is 0 Å². The molecule has 2 aromatic rings. The molecule has 1 heterocycles. The Bertz CT molecular complexity index is 473. The van der Waals surface area contributed by atoms with Gasteiger partial charge >= 0.3 is 0 Å². The first-order valence-electron chi connectivity index (χ1n) is 4.62. The molecule has 0 saturated heterocycles. The summed E-state index contributed by atoms with van der Waals surface area (Å²) in [6.45, 7) is 0.389. The zero-order chi connectivity index (χ0) is 11.5. The van der Waals surface area contributed by atoms with Gasteiger partial charge in [-0.1, -0.05) is 37.9 Å².